The van der Waals surface area contributed by atoms with Crippen molar-refractivity contribution in [3.63, 3.8) is 0 Å². The Bertz CT molecular complexity index is 750. The van der Waals surface area contributed by atoms with Crippen molar-refractivity contribution in [2.45, 2.75) is 6.61 Å². The van der Waals surface area contributed by atoms with Gasteiger partial charge in [-0.1, -0.05) is 29.3 Å². The number of rotatable bonds is 3. The van der Waals surface area contributed by atoms with Gasteiger partial charge in [-0.05, 0) is 18.2 Å². The van der Waals surface area contributed by atoms with E-state index in [4.69, 9.17) is 27.9 Å². The van der Waals surface area contributed by atoms with Gasteiger partial charge in [0.05, 0.1) is 11.8 Å². The molecule has 102 valence electrons. The molecule has 2 aromatic heterocycles. The quantitative estimate of drug-likeness (QED) is 0.738. The van der Waals surface area contributed by atoms with E-state index in [1.165, 1.54) is 0 Å². The highest BCUT2D eigenvalue weighted by atomic mass is 35.5. The van der Waals surface area contributed by atoms with Crippen LogP contribution in [0.5, 0.6) is 5.88 Å². The third-order valence-corrected chi connectivity index (χ3v) is 3.72. The van der Waals surface area contributed by atoms with Crippen molar-refractivity contribution in [2.24, 2.45) is 7.05 Å². The molecule has 0 bridgehead atoms. The van der Waals surface area contributed by atoms with Crippen LogP contribution < -0.4 is 4.74 Å². The molecule has 0 amide bonds. The molecule has 1 aromatic carbocycles. The van der Waals surface area contributed by atoms with Gasteiger partial charge in [-0.25, -0.2) is 9.97 Å². The fraction of sp³-hybridized carbons (Fsp3) is 0.143. The van der Waals surface area contributed by atoms with Gasteiger partial charge in [-0.15, -0.1) is 0 Å². The molecule has 0 saturated heterocycles. The lowest BCUT2D eigenvalue weighted by Crippen LogP contribution is -2.01. The van der Waals surface area contributed by atoms with Crippen LogP contribution in [0.3, 0.4) is 0 Å². The number of hydrogen-bond acceptors (Lipinski definition) is 3. The first-order valence-electron chi connectivity index (χ1n) is 5.98. The van der Waals surface area contributed by atoms with Crippen LogP contribution in [0.15, 0.2) is 36.8 Å². The molecule has 4 nitrogen and oxygen atoms in total. The first-order valence-corrected chi connectivity index (χ1v) is 6.74. The molecule has 0 atom stereocenters. The number of aromatic nitrogens is 3. The van der Waals surface area contributed by atoms with E-state index in [0.717, 1.165) is 16.6 Å². The molecule has 0 aliphatic carbocycles. The van der Waals surface area contributed by atoms with Crippen molar-refractivity contribution in [1.29, 1.82) is 0 Å². The molecule has 0 N–H and O–H groups in total. The Morgan fingerprint density at radius 2 is 1.90 bits per heavy atom. The maximum atomic E-state index is 6.12. The second-order valence-electron chi connectivity index (χ2n) is 4.33. The molecule has 0 spiro atoms. The summed E-state index contributed by atoms with van der Waals surface area (Å²) >= 11 is 12.2. The van der Waals surface area contributed by atoms with Crippen molar-refractivity contribution in [3.05, 3.63) is 52.4 Å². The van der Waals surface area contributed by atoms with E-state index in [1.54, 1.807) is 30.7 Å². The zero-order chi connectivity index (χ0) is 14.1. The molecule has 0 saturated carbocycles. The van der Waals surface area contributed by atoms with Crippen LogP contribution in [-0.2, 0) is 13.7 Å². The molecule has 0 fully saturated rings. The Morgan fingerprint density at radius 1 is 1.15 bits per heavy atom. The summed E-state index contributed by atoms with van der Waals surface area (Å²) in [7, 11) is 1.90. The summed E-state index contributed by atoms with van der Waals surface area (Å²) in [4.78, 5) is 8.50. The van der Waals surface area contributed by atoms with Gasteiger partial charge in [0.25, 0.3) is 0 Å². The van der Waals surface area contributed by atoms with Gasteiger partial charge in [0, 0.05) is 28.9 Å². The van der Waals surface area contributed by atoms with E-state index >= 15 is 0 Å². The lowest BCUT2D eigenvalue weighted by Gasteiger charge is -2.10. The standard InChI is InChI=1S/C14H11Cl2N3O/c1-19-8-18-12-5-6-17-14(13(12)19)20-7-9-10(15)3-2-4-11(9)16/h2-6,8H,7H2,1H3. The second-order valence-corrected chi connectivity index (χ2v) is 5.14. The number of imidazole rings is 1. The predicted octanol–water partition coefficient (Wildman–Crippen LogP) is 3.85. The second kappa shape index (κ2) is 5.31. The fourth-order valence-electron chi connectivity index (χ4n) is 1.98. The Labute approximate surface area is 125 Å². The molecule has 2 heterocycles. The van der Waals surface area contributed by atoms with Crippen molar-refractivity contribution in [3.8, 4) is 5.88 Å². The molecule has 0 unspecified atom stereocenters. The lowest BCUT2D eigenvalue weighted by molar-refractivity contribution is 0.297. The minimum absolute atomic E-state index is 0.260. The molecule has 6 heteroatoms. The third kappa shape index (κ3) is 2.32. The molecule has 3 rings (SSSR count). The molecular formula is C14H11Cl2N3O. The summed E-state index contributed by atoms with van der Waals surface area (Å²) in [6.45, 7) is 0.260. The smallest absolute Gasteiger partial charge is 0.240 e. The topological polar surface area (TPSA) is 39.9 Å². The van der Waals surface area contributed by atoms with Gasteiger partial charge >= 0.3 is 0 Å². The summed E-state index contributed by atoms with van der Waals surface area (Å²) in [6.07, 6.45) is 3.39. The molecule has 0 aliphatic heterocycles. The summed E-state index contributed by atoms with van der Waals surface area (Å²) < 4.78 is 7.63. The average molecular weight is 308 g/mol. The first kappa shape index (κ1) is 13.2. The van der Waals surface area contributed by atoms with E-state index < -0.39 is 0 Å². The Kier molecular flexibility index (Phi) is 3.51. The third-order valence-electron chi connectivity index (χ3n) is 3.01. The summed E-state index contributed by atoms with van der Waals surface area (Å²) in [5, 5.41) is 1.16. The highest BCUT2D eigenvalue weighted by Gasteiger charge is 2.11. The van der Waals surface area contributed by atoms with Crippen LogP contribution in [0.25, 0.3) is 11.0 Å². The van der Waals surface area contributed by atoms with Crippen LogP contribution in [-0.4, -0.2) is 14.5 Å². The molecule has 0 aliphatic rings. The van der Waals surface area contributed by atoms with Crippen molar-refractivity contribution < 1.29 is 4.74 Å². The Morgan fingerprint density at radius 3 is 2.65 bits per heavy atom. The van der Waals surface area contributed by atoms with Gasteiger partial charge in [-0.3, -0.25) is 0 Å². The van der Waals surface area contributed by atoms with Crippen LogP contribution in [0.4, 0.5) is 0 Å². The van der Waals surface area contributed by atoms with Crippen molar-refractivity contribution in [2.75, 3.05) is 0 Å². The van der Waals surface area contributed by atoms with Crippen molar-refractivity contribution >= 4 is 34.2 Å². The molecule has 20 heavy (non-hydrogen) atoms. The SMILES string of the molecule is Cn1cnc2ccnc(OCc3c(Cl)cccc3Cl)c21. The number of ether oxygens (including phenoxy) is 1. The molecule has 3 aromatic rings. The summed E-state index contributed by atoms with van der Waals surface area (Å²) in [5.74, 6) is 0.512. The van der Waals surface area contributed by atoms with Gasteiger partial charge < -0.3 is 9.30 Å². The number of nitrogens with zero attached hydrogens (tertiary/aromatic N) is 3. The van der Waals surface area contributed by atoms with Crippen molar-refractivity contribution in [1.82, 2.24) is 14.5 Å². The minimum atomic E-state index is 0.260. The number of hydrogen-bond donors (Lipinski definition) is 0. The van der Waals surface area contributed by atoms with Crippen LogP contribution in [0.1, 0.15) is 5.56 Å². The molecule has 0 radical (unpaired) electrons. The van der Waals surface area contributed by atoms with Gasteiger partial charge in [0.15, 0.2) is 0 Å². The largest absolute Gasteiger partial charge is 0.471 e. The fourth-order valence-corrected chi connectivity index (χ4v) is 2.49. The highest BCUT2D eigenvalue weighted by molar-refractivity contribution is 6.35. The summed E-state index contributed by atoms with van der Waals surface area (Å²) in [5.41, 5.74) is 2.43. The molecular weight excluding hydrogens is 297 g/mol. The maximum Gasteiger partial charge on any atom is 0.240 e. The zero-order valence-electron chi connectivity index (χ0n) is 10.7. The number of benzene rings is 1. The maximum absolute atomic E-state index is 6.12. The zero-order valence-corrected chi connectivity index (χ0v) is 12.2. The van der Waals surface area contributed by atoms with E-state index in [1.807, 2.05) is 17.7 Å². The number of halogens is 2. The highest BCUT2D eigenvalue weighted by Crippen LogP contribution is 2.27. The first-order chi connectivity index (χ1) is 9.66. The Hall–Kier alpha value is -1.78. The van der Waals surface area contributed by atoms with Gasteiger partial charge in [-0.2, -0.15) is 0 Å². The van der Waals surface area contributed by atoms with Gasteiger partial charge in [0.1, 0.15) is 12.1 Å². The number of fused-ring (bicyclic) bond motifs is 1. The number of aryl methyl sites for hydroxylation is 1. The lowest BCUT2D eigenvalue weighted by atomic mass is 10.2. The van der Waals surface area contributed by atoms with Crippen LogP contribution >= 0.6 is 23.2 Å². The van der Waals surface area contributed by atoms with E-state index in [2.05, 4.69) is 9.97 Å². The van der Waals surface area contributed by atoms with E-state index in [0.29, 0.717) is 15.9 Å². The monoisotopic (exact) mass is 307 g/mol. The van der Waals surface area contributed by atoms with E-state index in [9.17, 15) is 0 Å². The van der Waals surface area contributed by atoms with E-state index in [-0.39, 0.29) is 6.61 Å². The summed E-state index contributed by atoms with van der Waals surface area (Å²) in [6, 6.07) is 7.20. The van der Waals surface area contributed by atoms with Crippen LogP contribution in [0.2, 0.25) is 10.0 Å². The van der Waals surface area contributed by atoms with Crippen LogP contribution in [0, 0.1) is 0 Å². The Balaban J connectivity index is 1.93. The predicted molar refractivity (Wildman–Crippen MR) is 79.3 cm³/mol. The number of pyridine rings is 1. The normalized spacial score (nSPS) is 10.9. The average Bonchev–Trinajstić information content (AvgIpc) is 2.81. The minimum Gasteiger partial charge on any atom is -0.471 e. The van der Waals surface area contributed by atoms with Gasteiger partial charge in [0.2, 0.25) is 5.88 Å².